The Hall–Kier alpha value is -3.60. The van der Waals surface area contributed by atoms with Crippen LogP contribution in [0.3, 0.4) is 0 Å². The maximum absolute atomic E-state index is 13.5. The minimum absolute atomic E-state index is 0.0495. The van der Waals surface area contributed by atoms with Crippen LogP contribution in [0, 0.1) is 5.82 Å². The molecule has 0 bridgehead atoms. The predicted molar refractivity (Wildman–Crippen MR) is 111 cm³/mol. The molecule has 1 nitrogen and oxygen atoms in total. The first-order valence-corrected chi connectivity index (χ1v) is 9.39. The van der Waals surface area contributed by atoms with E-state index in [4.69, 9.17) is 0 Å². The fourth-order valence-corrected chi connectivity index (χ4v) is 4.02. The van der Waals surface area contributed by atoms with E-state index in [1.54, 1.807) is 18.2 Å². The molecule has 5 rings (SSSR count). The highest BCUT2D eigenvalue weighted by Gasteiger charge is 2.34. The van der Waals surface area contributed by atoms with Crippen molar-refractivity contribution in [1.29, 1.82) is 0 Å². The Morgan fingerprint density at radius 3 is 1.90 bits per heavy atom. The van der Waals surface area contributed by atoms with Gasteiger partial charge in [0.25, 0.3) is 0 Å². The van der Waals surface area contributed by atoms with Gasteiger partial charge in [-0.2, -0.15) is 13.2 Å². The molecule has 0 N–H and O–H groups in total. The molecule has 0 amide bonds. The zero-order chi connectivity index (χ0) is 20.9. The lowest BCUT2D eigenvalue weighted by molar-refractivity contribution is -0.137. The van der Waals surface area contributed by atoms with Crippen molar-refractivity contribution in [1.82, 2.24) is 4.57 Å². The van der Waals surface area contributed by atoms with Crippen molar-refractivity contribution in [3.63, 3.8) is 0 Å². The van der Waals surface area contributed by atoms with Crippen LogP contribution in [0.1, 0.15) is 5.56 Å². The maximum atomic E-state index is 13.5. The van der Waals surface area contributed by atoms with E-state index in [-0.39, 0.29) is 5.56 Å². The number of alkyl halides is 3. The predicted octanol–water partition coefficient (Wildman–Crippen LogP) is 7.61. The Morgan fingerprint density at radius 2 is 1.27 bits per heavy atom. The molecule has 30 heavy (non-hydrogen) atoms. The zero-order valence-electron chi connectivity index (χ0n) is 15.6. The Labute approximate surface area is 169 Å². The molecule has 0 aliphatic rings. The van der Waals surface area contributed by atoms with E-state index >= 15 is 0 Å². The topological polar surface area (TPSA) is 4.93 Å². The molecule has 4 aromatic carbocycles. The van der Waals surface area contributed by atoms with E-state index < -0.39 is 17.6 Å². The third-order valence-corrected chi connectivity index (χ3v) is 5.28. The lowest BCUT2D eigenvalue weighted by Gasteiger charge is -2.15. The molecule has 0 fully saturated rings. The lowest BCUT2D eigenvalue weighted by Crippen LogP contribution is -2.08. The van der Waals surface area contributed by atoms with Gasteiger partial charge in [0.15, 0.2) is 0 Å². The van der Waals surface area contributed by atoms with Crippen molar-refractivity contribution in [3.8, 4) is 16.8 Å². The van der Waals surface area contributed by atoms with E-state index in [0.717, 1.165) is 33.6 Å². The second-order valence-corrected chi connectivity index (χ2v) is 7.11. The van der Waals surface area contributed by atoms with Crippen molar-refractivity contribution < 1.29 is 17.6 Å². The van der Waals surface area contributed by atoms with Gasteiger partial charge >= 0.3 is 6.18 Å². The monoisotopic (exact) mass is 405 g/mol. The highest BCUT2D eigenvalue weighted by molar-refractivity contribution is 6.09. The second kappa shape index (κ2) is 6.73. The number of halogens is 4. The molecule has 0 aliphatic heterocycles. The van der Waals surface area contributed by atoms with E-state index in [1.807, 2.05) is 59.2 Å². The highest BCUT2D eigenvalue weighted by atomic mass is 19.4. The molecule has 0 atom stereocenters. The Bertz CT molecular complexity index is 1340. The summed E-state index contributed by atoms with van der Waals surface area (Å²) in [5.41, 5.74) is 2.01. The van der Waals surface area contributed by atoms with E-state index in [0.29, 0.717) is 11.6 Å². The van der Waals surface area contributed by atoms with Gasteiger partial charge < -0.3 is 4.57 Å². The molecule has 1 heterocycles. The van der Waals surface area contributed by atoms with Gasteiger partial charge in [-0.25, -0.2) is 4.39 Å². The van der Waals surface area contributed by atoms with Gasteiger partial charge in [0.1, 0.15) is 5.82 Å². The van der Waals surface area contributed by atoms with Crippen molar-refractivity contribution in [2.24, 2.45) is 0 Å². The van der Waals surface area contributed by atoms with Crippen LogP contribution in [-0.4, -0.2) is 4.57 Å². The van der Waals surface area contributed by atoms with Crippen LogP contribution in [0.5, 0.6) is 0 Å². The van der Waals surface area contributed by atoms with E-state index in [2.05, 4.69) is 0 Å². The van der Waals surface area contributed by atoms with Gasteiger partial charge in [-0.15, -0.1) is 0 Å². The summed E-state index contributed by atoms with van der Waals surface area (Å²) >= 11 is 0. The fraction of sp³-hybridized carbons (Fsp3) is 0.0400. The second-order valence-electron chi connectivity index (χ2n) is 7.11. The molecular formula is C25H15F4N. The number of rotatable bonds is 2. The molecule has 0 spiro atoms. The smallest absolute Gasteiger partial charge is 0.309 e. The third kappa shape index (κ3) is 2.94. The summed E-state index contributed by atoms with van der Waals surface area (Å²) in [6.07, 6.45) is -4.65. The fourth-order valence-electron chi connectivity index (χ4n) is 4.02. The van der Waals surface area contributed by atoms with Crippen LogP contribution < -0.4 is 0 Å². The summed E-state index contributed by atoms with van der Waals surface area (Å²) < 4.78 is 56.2. The first kappa shape index (κ1) is 18.4. The van der Waals surface area contributed by atoms with Gasteiger partial charge in [-0.3, -0.25) is 0 Å². The molecule has 5 aromatic rings. The van der Waals surface area contributed by atoms with Crippen molar-refractivity contribution in [2.75, 3.05) is 0 Å². The quantitative estimate of drug-likeness (QED) is 0.266. The van der Waals surface area contributed by atoms with Gasteiger partial charge in [0.2, 0.25) is 0 Å². The highest BCUT2D eigenvalue weighted by Crippen LogP contribution is 2.39. The lowest BCUT2D eigenvalue weighted by atomic mass is 9.98. The average molecular weight is 405 g/mol. The Balaban J connectivity index is 1.77. The summed E-state index contributed by atoms with van der Waals surface area (Å²) in [5.74, 6) is -0.912. The standard InChI is InChI=1S/C25H15F4N/c26-17-12-13-19(22(15-17)25(27,28)29)16-6-5-7-18(14-16)30-23-10-3-1-8-20(23)21-9-2-4-11-24(21)30/h1-15H. The average Bonchev–Trinajstić information content (AvgIpc) is 3.08. The van der Waals surface area contributed by atoms with Crippen LogP contribution in [0.4, 0.5) is 17.6 Å². The summed E-state index contributed by atoms with van der Waals surface area (Å²) in [5, 5.41) is 2.13. The third-order valence-electron chi connectivity index (χ3n) is 5.28. The first-order valence-electron chi connectivity index (χ1n) is 9.39. The molecule has 0 saturated heterocycles. The molecular weight excluding hydrogens is 390 g/mol. The number of aromatic nitrogens is 1. The van der Waals surface area contributed by atoms with Gasteiger partial charge in [0.05, 0.1) is 16.6 Å². The maximum Gasteiger partial charge on any atom is 0.417 e. The van der Waals surface area contributed by atoms with Crippen molar-refractivity contribution in [3.05, 3.63) is 102 Å². The molecule has 148 valence electrons. The summed E-state index contributed by atoms with van der Waals surface area (Å²) in [6.45, 7) is 0. The molecule has 0 unspecified atom stereocenters. The van der Waals surface area contributed by atoms with Gasteiger partial charge in [-0.05, 0) is 47.5 Å². The Kier molecular flexibility index (Phi) is 4.13. The number of hydrogen-bond acceptors (Lipinski definition) is 0. The minimum Gasteiger partial charge on any atom is -0.309 e. The van der Waals surface area contributed by atoms with E-state index in [9.17, 15) is 17.6 Å². The van der Waals surface area contributed by atoms with Crippen molar-refractivity contribution in [2.45, 2.75) is 6.18 Å². The van der Waals surface area contributed by atoms with E-state index in [1.165, 1.54) is 6.07 Å². The van der Waals surface area contributed by atoms with Gasteiger partial charge in [0, 0.05) is 16.5 Å². The number of nitrogens with zero attached hydrogens (tertiary/aromatic N) is 1. The van der Waals surface area contributed by atoms with Crippen molar-refractivity contribution >= 4 is 21.8 Å². The van der Waals surface area contributed by atoms with Crippen LogP contribution in [-0.2, 0) is 6.18 Å². The summed E-state index contributed by atoms with van der Waals surface area (Å²) in [6, 6.07) is 25.5. The minimum atomic E-state index is -4.65. The molecule has 1 aromatic heterocycles. The van der Waals surface area contributed by atoms with Crippen LogP contribution in [0.2, 0.25) is 0 Å². The number of fused-ring (bicyclic) bond motifs is 3. The Morgan fingerprint density at radius 1 is 0.633 bits per heavy atom. The molecule has 0 saturated carbocycles. The molecule has 0 radical (unpaired) electrons. The SMILES string of the molecule is Fc1ccc(-c2cccc(-n3c4ccccc4c4ccccc43)c2)c(C(F)(F)F)c1. The summed E-state index contributed by atoms with van der Waals surface area (Å²) in [4.78, 5) is 0. The van der Waals surface area contributed by atoms with Crippen LogP contribution >= 0.6 is 0 Å². The van der Waals surface area contributed by atoms with Crippen LogP contribution in [0.25, 0.3) is 38.6 Å². The van der Waals surface area contributed by atoms with Gasteiger partial charge in [-0.1, -0.05) is 54.6 Å². The number of hydrogen-bond donors (Lipinski definition) is 0. The number of benzene rings is 4. The first-order chi connectivity index (χ1) is 14.4. The normalized spacial score (nSPS) is 12.0. The zero-order valence-corrected chi connectivity index (χ0v) is 15.6. The summed E-state index contributed by atoms with van der Waals surface area (Å²) in [7, 11) is 0. The molecule has 0 aliphatic carbocycles. The molecule has 5 heteroatoms. The number of para-hydroxylation sites is 2. The van der Waals surface area contributed by atoms with Crippen LogP contribution in [0.15, 0.2) is 91.0 Å². The largest absolute Gasteiger partial charge is 0.417 e.